The summed E-state index contributed by atoms with van der Waals surface area (Å²) >= 11 is 0. The van der Waals surface area contributed by atoms with Crippen LogP contribution >= 0.6 is 0 Å². The van der Waals surface area contributed by atoms with Crippen LogP contribution in [0.5, 0.6) is 0 Å². The average molecular weight is 211 g/mol. The molecule has 0 aromatic carbocycles. The lowest BCUT2D eigenvalue weighted by Crippen LogP contribution is -2.31. The smallest absolute Gasteiger partial charge is 0.137 e. The third kappa shape index (κ3) is 5.49. The van der Waals surface area contributed by atoms with E-state index in [0.717, 1.165) is 32.7 Å². The minimum atomic E-state index is 0.907. The number of rotatable bonds is 8. The Morgan fingerprint density at radius 1 is 1.33 bits per heavy atom. The second-order valence-electron chi connectivity index (χ2n) is 3.71. The van der Waals surface area contributed by atoms with E-state index in [1.54, 1.807) is 12.7 Å². The molecule has 1 aromatic rings. The molecule has 1 rings (SSSR count). The summed E-state index contributed by atoms with van der Waals surface area (Å²) in [6, 6.07) is 0. The van der Waals surface area contributed by atoms with Gasteiger partial charge < -0.3 is 10.2 Å². The van der Waals surface area contributed by atoms with Crippen LogP contribution in [0, 0.1) is 0 Å². The van der Waals surface area contributed by atoms with Gasteiger partial charge in [0.05, 0.1) is 6.54 Å². The highest BCUT2D eigenvalue weighted by atomic mass is 15.3. The van der Waals surface area contributed by atoms with E-state index in [9.17, 15) is 0 Å². The minimum Gasteiger partial charge on any atom is -0.315 e. The summed E-state index contributed by atoms with van der Waals surface area (Å²) in [4.78, 5) is 6.20. The molecule has 15 heavy (non-hydrogen) atoms. The van der Waals surface area contributed by atoms with Gasteiger partial charge in [-0.1, -0.05) is 6.92 Å². The van der Waals surface area contributed by atoms with Crippen molar-refractivity contribution in [1.29, 1.82) is 0 Å². The Morgan fingerprint density at radius 3 is 2.87 bits per heavy atom. The molecule has 0 atom stereocenters. The fourth-order valence-electron chi connectivity index (χ4n) is 1.30. The molecular weight excluding hydrogens is 190 g/mol. The monoisotopic (exact) mass is 211 g/mol. The third-order valence-electron chi connectivity index (χ3n) is 2.27. The molecule has 0 aliphatic carbocycles. The Morgan fingerprint density at radius 2 is 2.20 bits per heavy atom. The number of likely N-dealkylation sites (N-methyl/N-ethyl adjacent to an activating group) is 1. The Labute approximate surface area is 91.5 Å². The molecule has 0 aliphatic heterocycles. The first-order valence-electron chi connectivity index (χ1n) is 5.54. The van der Waals surface area contributed by atoms with Crippen LogP contribution in [0.1, 0.15) is 13.3 Å². The highest BCUT2D eigenvalue weighted by Gasteiger charge is 1.98. The van der Waals surface area contributed by atoms with Crippen LogP contribution in [0.3, 0.4) is 0 Å². The van der Waals surface area contributed by atoms with Crippen LogP contribution in [0.25, 0.3) is 0 Å². The summed E-state index contributed by atoms with van der Waals surface area (Å²) < 4.78 is 1.86. The van der Waals surface area contributed by atoms with E-state index in [0.29, 0.717) is 0 Å². The molecule has 5 nitrogen and oxygen atoms in total. The first-order chi connectivity index (χ1) is 7.33. The van der Waals surface area contributed by atoms with Crippen molar-refractivity contribution >= 4 is 0 Å². The molecule has 86 valence electrons. The normalized spacial score (nSPS) is 11.1. The summed E-state index contributed by atoms with van der Waals surface area (Å²) in [5, 5.41) is 7.44. The third-order valence-corrected chi connectivity index (χ3v) is 2.27. The number of hydrogen-bond acceptors (Lipinski definition) is 4. The number of nitrogens with zero attached hydrogens (tertiary/aromatic N) is 4. The van der Waals surface area contributed by atoms with Gasteiger partial charge in [-0.3, -0.25) is 4.68 Å². The van der Waals surface area contributed by atoms with Crippen molar-refractivity contribution in [2.24, 2.45) is 0 Å². The average Bonchev–Trinajstić information content (AvgIpc) is 2.74. The summed E-state index contributed by atoms with van der Waals surface area (Å²) in [5.41, 5.74) is 0. The van der Waals surface area contributed by atoms with Gasteiger partial charge in [0.15, 0.2) is 0 Å². The van der Waals surface area contributed by atoms with Crippen molar-refractivity contribution < 1.29 is 0 Å². The largest absolute Gasteiger partial charge is 0.315 e. The standard InChI is InChI=1S/C10H21N5/c1-3-4-11-5-6-14(2)7-8-15-10-12-9-13-15/h9-11H,3-8H2,1-2H3. The van der Waals surface area contributed by atoms with E-state index < -0.39 is 0 Å². The highest BCUT2D eigenvalue weighted by molar-refractivity contribution is 4.59. The summed E-state index contributed by atoms with van der Waals surface area (Å²) in [6.45, 7) is 7.34. The maximum absolute atomic E-state index is 4.06. The van der Waals surface area contributed by atoms with Crippen LogP contribution in [-0.2, 0) is 6.54 Å². The first kappa shape index (κ1) is 12.1. The van der Waals surface area contributed by atoms with Gasteiger partial charge in [-0.15, -0.1) is 0 Å². The molecule has 0 bridgehead atoms. The Bertz CT molecular complexity index is 234. The van der Waals surface area contributed by atoms with E-state index in [2.05, 4.69) is 34.3 Å². The molecule has 0 saturated heterocycles. The van der Waals surface area contributed by atoms with Crippen LogP contribution in [-0.4, -0.2) is 52.9 Å². The zero-order chi connectivity index (χ0) is 10.9. The predicted molar refractivity (Wildman–Crippen MR) is 60.7 cm³/mol. The number of aromatic nitrogens is 3. The predicted octanol–water partition coefficient (Wildman–Crippen LogP) is 0.210. The van der Waals surface area contributed by atoms with E-state index in [1.165, 1.54) is 6.42 Å². The van der Waals surface area contributed by atoms with Gasteiger partial charge in [-0.05, 0) is 20.0 Å². The van der Waals surface area contributed by atoms with E-state index in [1.807, 2.05) is 4.68 Å². The molecule has 1 heterocycles. The zero-order valence-corrected chi connectivity index (χ0v) is 9.69. The van der Waals surface area contributed by atoms with Gasteiger partial charge in [-0.25, -0.2) is 4.98 Å². The lowest BCUT2D eigenvalue weighted by atomic mass is 10.4. The van der Waals surface area contributed by atoms with Crippen molar-refractivity contribution in [3.8, 4) is 0 Å². The topological polar surface area (TPSA) is 46.0 Å². The van der Waals surface area contributed by atoms with Crippen LogP contribution in [0.15, 0.2) is 12.7 Å². The molecule has 0 spiro atoms. The molecule has 0 aliphatic rings. The lowest BCUT2D eigenvalue weighted by Gasteiger charge is -2.16. The lowest BCUT2D eigenvalue weighted by molar-refractivity contribution is 0.311. The highest BCUT2D eigenvalue weighted by Crippen LogP contribution is 1.85. The molecule has 5 heteroatoms. The van der Waals surface area contributed by atoms with E-state index >= 15 is 0 Å². The van der Waals surface area contributed by atoms with Gasteiger partial charge in [0.1, 0.15) is 12.7 Å². The molecular formula is C10H21N5. The van der Waals surface area contributed by atoms with Gasteiger partial charge in [0.25, 0.3) is 0 Å². The number of hydrogen-bond donors (Lipinski definition) is 1. The molecule has 0 fully saturated rings. The quantitative estimate of drug-likeness (QED) is 0.624. The SMILES string of the molecule is CCCNCCN(C)CCn1cncn1. The number of nitrogens with one attached hydrogen (secondary N) is 1. The fourth-order valence-corrected chi connectivity index (χ4v) is 1.30. The molecule has 0 radical (unpaired) electrons. The Kier molecular flexibility index (Phi) is 5.96. The first-order valence-corrected chi connectivity index (χ1v) is 5.54. The molecule has 0 saturated carbocycles. The molecule has 0 unspecified atom stereocenters. The van der Waals surface area contributed by atoms with Gasteiger partial charge in [0, 0.05) is 19.6 Å². The van der Waals surface area contributed by atoms with Gasteiger partial charge in [-0.2, -0.15) is 5.10 Å². The molecule has 1 aromatic heterocycles. The Balaban J connectivity index is 2.01. The van der Waals surface area contributed by atoms with E-state index in [-0.39, 0.29) is 0 Å². The molecule has 1 N–H and O–H groups in total. The zero-order valence-electron chi connectivity index (χ0n) is 9.69. The molecule has 0 amide bonds. The van der Waals surface area contributed by atoms with Crippen molar-refractivity contribution in [3.63, 3.8) is 0 Å². The summed E-state index contributed by atoms with van der Waals surface area (Å²) in [7, 11) is 2.13. The second-order valence-corrected chi connectivity index (χ2v) is 3.71. The minimum absolute atomic E-state index is 0.907. The maximum atomic E-state index is 4.06. The van der Waals surface area contributed by atoms with Crippen molar-refractivity contribution in [3.05, 3.63) is 12.7 Å². The van der Waals surface area contributed by atoms with Crippen molar-refractivity contribution in [2.75, 3.05) is 33.2 Å². The van der Waals surface area contributed by atoms with E-state index in [4.69, 9.17) is 0 Å². The van der Waals surface area contributed by atoms with Gasteiger partial charge in [0.2, 0.25) is 0 Å². The summed E-state index contributed by atoms with van der Waals surface area (Å²) in [6.07, 6.45) is 4.52. The van der Waals surface area contributed by atoms with Gasteiger partial charge >= 0.3 is 0 Å². The van der Waals surface area contributed by atoms with Crippen LogP contribution in [0.4, 0.5) is 0 Å². The van der Waals surface area contributed by atoms with Crippen molar-refractivity contribution in [2.45, 2.75) is 19.9 Å². The Hall–Kier alpha value is -0.940. The summed E-state index contributed by atoms with van der Waals surface area (Å²) in [5.74, 6) is 0. The maximum Gasteiger partial charge on any atom is 0.137 e. The van der Waals surface area contributed by atoms with Crippen LogP contribution in [0.2, 0.25) is 0 Å². The fraction of sp³-hybridized carbons (Fsp3) is 0.800. The van der Waals surface area contributed by atoms with Crippen LogP contribution < -0.4 is 5.32 Å². The second kappa shape index (κ2) is 7.36. The van der Waals surface area contributed by atoms with Crippen molar-refractivity contribution in [1.82, 2.24) is 25.0 Å².